The topological polar surface area (TPSA) is 45.6 Å². The van der Waals surface area contributed by atoms with Crippen molar-refractivity contribution in [3.63, 3.8) is 0 Å². The van der Waals surface area contributed by atoms with E-state index in [9.17, 15) is 5.11 Å². The Morgan fingerprint density at radius 3 is 3.12 bits per heavy atom. The van der Waals surface area contributed by atoms with Crippen LogP contribution < -0.4 is 4.90 Å². The second-order valence-electron chi connectivity index (χ2n) is 3.75. The summed E-state index contributed by atoms with van der Waals surface area (Å²) < 4.78 is 6.30. The largest absolute Gasteiger partial charge is 0.392 e. The molecule has 0 atom stereocenters. The Morgan fingerprint density at radius 1 is 1.44 bits per heavy atom. The molecular weight excluding hydrogens is 272 g/mol. The predicted octanol–water partition coefficient (Wildman–Crippen LogP) is 1.56. The maximum atomic E-state index is 9.33. The van der Waals surface area contributed by atoms with Gasteiger partial charge in [0.15, 0.2) is 0 Å². The van der Waals surface area contributed by atoms with E-state index in [1.807, 2.05) is 6.07 Å². The molecular formula is C11H15BrN2O2. The average Bonchev–Trinajstić information content (AvgIpc) is 2.57. The van der Waals surface area contributed by atoms with Gasteiger partial charge in [0.2, 0.25) is 0 Å². The highest BCUT2D eigenvalue weighted by Crippen LogP contribution is 2.22. The van der Waals surface area contributed by atoms with Crippen LogP contribution in [0.5, 0.6) is 0 Å². The first kappa shape index (κ1) is 11.8. The van der Waals surface area contributed by atoms with Gasteiger partial charge >= 0.3 is 0 Å². The first-order valence-electron chi connectivity index (χ1n) is 5.39. The van der Waals surface area contributed by atoms with Gasteiger partial charge in [0.05, 0.1) is 13.2 Å². The van der Waals surface area contributed by atoms with Gasteiger partial charge in [-0.1, -0.05) is 0 Å². The number of hydrogen-bond donors (Lipinski definition) is 1. The summed E-state index contributed by atoms with van der Waals surface area (Å²) in [4.78, 5) is 6.55. The van der Waals surface area contributed by atoms with E-state index >= 15 is 0 Å². The van der Waals surface area contributed by atoms with Crippen molar-refractivity contribution in [1.29, 1.82) is 0 Å². The molecule has 1 aliphatic rings. The Kier molecular flexibility index (Phi) is 4.15. The van der Waals surface area contributed by atoms with Crippen molar-refractivity contribution in [2.45, 2.75) is 13.0 Å². The van der Waals surface area contributed by atoms with E-state index in [2.05, 4.69) is 25.8 Å². The summed E-state index contributed by atoms with van der Waals surface area (Å²) in [6, 6.07) is 1.91. The minimum Gasteiger partial charge on any atom is -0.392 e. The van der Waals surface area contributed by atoms with Crippen LogP contribution in [0.15, 0.2) is 16.7 Å². The summed E-state index contributed by atoms with van der Waals surface area (Å²) in [5.74, 6) is 0.871. The van der Waals surface area contributed by atoms with Crippen LogP contribution in [0.1, 0.15) is 12.0 Å². The first-order chi connectivity index (χ1) is 7.81. The Labute approximate surface area is 103 Å². The SMILES string of the molecule is OCc1cc(Br)cnc1N1CCCOCC1. The third kappa shape index (κ3) is 2.72. The number of hydrogen-bond acceptors (Lipinski definition) is 4. The molecule has 0 unspecified atom stereocenters. The molecule has 1 saturated heterocycles. The van der Waals surface area contributed by atoms with Crippen LogP contribution >= 0.6 is 15.9 Å². The Bertz CT molecular complexity index is 352. The fourth-order valence-corrected chi connectivity index (χ4v) is 2.21. The summed E-state index contributed by atoms with van der Waals surface area (Å²) in [5.41, 5.74) is 0.858. The third-order valence-corrected chi connectivity index (χ3v) is 3.04. The quantitative estimate of drug-likeness (QED) is 0.896. The molecule has 16 heavy (non-hydrogen) atoms. The van der Waals surface area contributed by atoms with Gasteiger partial charge in [-0.15, -0.1) is 0 Å². The second kappa shape index (κ2) is 5.61. The lowest BCUT2D eigenvalue weighted by molar-refractivity contribution is 0.152. The van der Waals surface area contributed by atoms with E-state index in [1.54, 1.807) is 6.20 Å². The molecule has 0 spiro atoms. The van der Waals surface area contributed by atoms with E-state index in [4.69, 9.17) is 4.74 Å². The monoisotopic (exact) mass is 286 g/mol. The number of aliphatic hydroxyl groups is 1. The molecule has 1 fully saturated rings. The number of pyridine rings is 1. The zero-order chi connectivity index (χ0) is 11.4. The zero-order valence-corrected chi connectivity index (χ0v) is 10.6. The van der Waals surface area contributed by atoms with Gasteiger partial charge in [-0.25, -0.2) is 4.98 Å². The summed E-state index contributed by atoms with van der Waals surface area (Å²) in [7, 11) is 0. The molecule has 2 heterocycles. The van der Waals surface area contributed by atoms with E-state index in [1.165, 1.54) is 0 Å². The minimum absolute atomic E-state index is 0.0130. The van der Waals surface area contributed by atoms with Crippen molar-refractivity contribution < 1.29 is 9.84 Å². The number of aromatic nitrogens is 1. The number of anilines is 1. The van der Waals surface area contributed by atoms with E-state index in [-0.39, 0.29) is 6.61 Å². The lowest BCUT2D eigenvalue weighted by Crippen LogP contribution is -2.27. The molecule has 5 heteroatoms. The zero-order valence-electron chi connectivity index (χ0n) is 9.03. The van der Waals surface area contributed by atoms with Crippen molar-refractivity contribution in [2.24, 2.45) is 0 Å². The smallest absolute Gasteiger partial charge is 0.134 e. The molecule has 0 aromatic carbocycles. The highest BCUT2D eigenvalue weighted by atomic mass is 79.9. The van der Waals surface area contributed by atoms with Gasteiger partial charge in [-0.2, -0.15) is 0 Å². The van der Waals surface area contributed by atoms with Gasteiger partial charge in [0.1, 0.15) is 5.82 Å². The van der Waals surface area contributed by atoms with Crippen LogP contribution in [0.3, 0.4) is 0 Å². The van der Waals surface area contributed by atoms with Gasteiger partial charge in [-0.05, 0) is 28.4 Å². The van der Waals surface area contributed by atoms with Crippen LogP contribution in [0.4, 0.5) is 5.82 Å². The molecule has 1 N–H and O–H groups in total. The lowest BCUT2D eigenvalue weighted by Gasteiger charge is -2.23. The van der Waals surface area contributed by atoms with Crippen LogP contribution in [0.2, 0.25) is 0 Å². The number of rotatable bonds is 2. The molecule has 0 saturated carbocycles. The predicted molar refractivity (Wildman–Crippen MR) is 65.5 cm³/mol. The molecule has 0 amide bonds. The molecule has 0 bridgehead atoms. The van der Waals surface area contributed by atoms with Crippen molar-refractivity contribution in [1.82, 2.24) is 4.98 Å². The molecule has 0 aliphatic carbocycles. The number of halogens is 1. The summed E-state index contributed by atoms with van der Waals surface area (Å²) in [6.07, 6.45) is 2.77. The highest BCUT2D eigenvalue weighted by molar-refractivity contribution is 9.10. The Hall–Kier alpha value is -0.650. The highest BCUT2D eigenvalue weighted by Gasteiger charge is 2.14. The van der Waals surface area contributed by atoms with Crippen molar-refractivity contribution in [3.8, 4) is 0 Å². The third-order valence-electron chi connectivity index (χ3n) is 2.60. The first-order valence-corrected chi connectivity index (χ1v) is 6.18. The second-order valence-corrected chi connectivity index (χ2v) is 4.66. The fourth-order valence-electron chi connectivity index (χ4n) is 1.83. The summed E-state index contributed by atoms with van der Waals surface area (Å²) in [5, 5.41) is 9.33. The Morgan fingerprint density at radius 2 is 2.31 bits per heavy atom. The van der Waals surface area contributed by atoms with E-state index in [0.717, 1.165) is 48.6 Å². The molecule has 1 aromatic heterocycles. The van der Waals surface area contributed by atoms with Gasteiger partial charge in [-0.3, -0.25) is 0 Å². The van der Waals surface area contributed by atoms with Gasteiger partial charge in [0, 0.05) is 35.9 Å². The number of ether oxygens (including phenoxy) is 1. The maximum Gasteiger partial charge on any atom is 0.134 e. The molecule has 1 aliphatic heterocycles. The molecule has 88 valence electrons. The summed E-state index contributed by atoms with van der Waals surface area (Å²) >= 11 is 3.36. The molecule has 1 aromatic rings. The molecule has 0 radical (unpaired) electrons. The van der Waals surface area contributed by atoms with E-state index in [0.29, 0.717) is 0 Å². The normalized spacial score (nSPS) is 17.2. The maximum absolute atomic E-state index is 9.33. The molecule has 4 nitrogen and oxygen atoms in total. The van der Waals surface area contributed by atoms with Crippen LogP contribution in [0, 0.1) is 0 Å². The number of nitrogens with zero attached hydrogens (tertiary/aromatic N) is 2. The van der Waals surface area contributed by atoms with E-state index < -0.39 is 0 Å². The van der Waals surface area contributed by atoms with Gasteiger partial charge < -0.3 is 14.7 Å². The average molecular weight is 287 g/mol. The van der Waals surface area contributed by atoms with Crippen LogP contribution in [-0.4, -0.2) is 36.4 Å². The summed E-state index contributed by atoms with van der Waals surface area (Å²) in [6.45, 7) is 3.31. The van der Waals surface area contributed by atoms with Crippen molar-refractivity contribution >= 4 is 21.7 Å². The van der Waals surface area contributed by atoms with Crippen LogP contribution in [0.25, 0.3) is 0 Å². The van der Waals surface area contributed by atoms with Crippen molar-refractivity contribution in [2.75, 3.05) is 31.2 Å². The number of aliphatic hydroxyl groups excluding tert-OH is 1. The Balaban J connectivity index is 2.23. The van der Waals surface area contributed by atoms with Crippen LogP contribution in [-0.2, 0) is 11.3 Å². The van der Waals surface area contributed by atoms with Crippen molar-refractivity contribution in [3.05, 3.63) is 22.3 Å². The fraction of sp³-hybridized carbons (Fsp3) is 0.545. The molecule has 2 rings (SSSR count). The minimum atomic E-state index is 0.0130. The standard InChI is InChI=1S/C11H15BrN2O2/c12-10-6-9(8-15)11(13-7-10)14-2-1-4-16-5-3-14/h6-7,15H,1-5,8H2. The lowest BCUT2D eigenvalue weighted by atomic mass is 10.2. The van der Waals surface area contributed by atoms with Gasteiger partial charge in [0.25, 0.3) is 0 Å².